The van der Waals surface area contributed by atoms with E-state index in [1.165, 1.54) is 14.2 Å². The Morgan fingerprint density at radius 2 is 1.09 bits per heavy atom. The topological polar surface area (TPSA) is 117 Å². The molecule has 2 aromatic carbocycles. The Bertz CT molecular complexity index is 1760. The first-order valence-electron chi connectivity index (χ1n) is 14.3. The second-order valence-electron chi connectivity index (χ2n) is 11.4. The molecule has 234 valence electrons. The van der Waals surface area contributed by atoms with Crippen LogP contribution in [0.2, 0.25) is 10.0 Å². The molecule has 12 heteroatoms. The van der Waals surface area contributed by atoms with Gasteiger partial charge in [0.2, 0.25) is 11.8 Å². The van der Waals surface area contributed by atoms with Crippen molar-refractivity contribution in [2.45, 2.75) is 24.3 Å². The molecule has 0 amide bonds. The minimum absolute atomic E-state index is 0.350. The second-order valence-corrected chi connectivity index (χ2v) is 12.2. The van der Waals surface area contributed by atoms with Gasteiger partial charge in [0.1, 0.15) is 22.6 Å². The lowest BCUT2D eigenvalue weighted by molar-refractivity contribution is -0.0583. The van der Waals surface area contributed by atoms with Crippen LogP contribution in [0, 0.1) is 24.7 Å². The van der Waals surface area contributed by atoms with E-state index in [4.69, 9.17) is 55.5 Å². The van der Waals surface area contributed by atoms with Crippen molar-refractivity contribution < 1.29 is 19.7 Å². The number of rotatable bonds is 9. The van der Waals surface area contributed by atoms with Crippen molar-refractivity contribution in [3.8, 4) is 70.1 Å². The van der Waals surface area contributed by atoms with Gasteiger partial charge in [-0.2, -0.15) is 0 Å². The Balaban J connectivity index is 1.27. The van der Waals surface area contributed by atoms with Gasteiger partial charge < -0.3 is 19.7 Å². The number of methoxy groups -OCH3 is 2. The molecular weight excluding hydrogens is 627 g/mol. The van der Waals surface area contributed by atoms with Crippen LogP contribution in [0.25, 0.3) is 33.6 Å². The number of hydrogen-bond donors (Lipinski definition) is 2. The summed E-state index contributed by atoms with van der Waals surface area (Å²) < 4.78 is 11.1. The standard InChI is InChI=1S/C34H30Cl2N6O4/c1-5-33(43)17-41(18-33)15-27-31(45-3)39-25(13-37-27)23-11-7-9-21(29(23)35)22-10-8-12-24(30(22)36)26-14-38-28(32(40-26)46-4)16-42-19-34(44,6-2)20-42/h1-2,7-14,43-44H,15-20H2,3-4H3. The number of benzene rings is 2. The molecule has 0 unspecified atom stereocenters. The monoisotopic (exact) mass is 656 g/mol. The summed E-state index contributed by atoms with van der Waals surface area (Å²) in [6.07, 6.45) is 14.1. The van der Waals surface area contributed by atoms with E-state index in [0.29, 0.717) is 106 Å². The van der Waals surface area contributed by atoms with Gasteiger partial charge in [-0.25, -0.2) is 9.97 Å². The lowest BCUT2D eigenvalue weighted by Gasteiger charge is -2.42. The molecule has 6 rings (SSSR count). The number of likely N-dealkylation sites (tertiary alicyclic amines) is 2. The highest BCUT2D eigenvalue weighted by molar-refractivity contribution is 6.39. The fourth-order valence-electron chi connectivity index (χ4n) is 5.69. The van der Waals surface area contributed by atoms with Crippen molar-refractivity contribution >= 4 is 23.2 Å². The van der Waals surface area contributed by atoms with E-state index in [2.05, 4.69) is 21.8 Å². The minimum Gasteiger partial charge on any atom is -0.480 e. The number of aromatic nitrogens is 4. The maximum Gasteiger partial charge on any atom is 0.237 e. The van der Waals surface area contributed by atoms with E-state index >= 15 is 0 Å². The van der Waals surface area contributed by atoms with Crippen molar-refractivity contribution in [2.75, 3.05) is 40.4 Å². The van der Waals surface area contributed by atoms with E-state index in [1.54, 1.807) is 12.4 Å². The first-order chi connectivity index (χ1) is 22.1. The van der Waals surface area contributed by atoms with Crippen LogP contribution in [-0.4, -0.2) is 91.5 Å². The quantitative estimate of drug-likeness (QED) is 0.257. The van der Waals surface area contributed by atoms with Crippen LogP contribution in [0.4, 0.5) is 0 Å². The van der Waals surface area contributed by atoms with Gasteiger partial charge in [0.15, 0.2) is 0 Å². The average molecular weight is 658 g/mol. The van der Waals surface area contributed by atoms with Gasteiger partial charge in [0.25, 0.3) is 0 Å². The molecule has 4 heterocycles. The molecular formula is C34H30Cl2N6O4. The molecule has 2 aliphatic heterocycles. The normalized spacial score (nSPS) is 16.9. The zero-order valence-corrected chi connectivity index (χ0v) is 26.7. The zero-order chi connectivity index (χ0) is 32.6. The van der Waals surface area contributed by atoms with Crippen LogP contribution in [-0.2, 0) is 13.1 Å². The maximum absolute atomic E-state index is 10.1. The van der Waals surface area contributed by atoms with Crippen LogP contribution >= 0.6 is 23.2 Å². The SMILES string of the molecule is C#CC1(O)CN(Cc2ncc(-c3cccc(-c4cccc(-c5cnc(CN6CC(O)(C#C)C6)c(OC)n5)c4Cl)c3Cl)nc2OC)C1. The van der Waals surface area contributed by atoms with E-state index in [1.807, 2.05) is 46.2 Å². The number of halogens is 2. The van der Waals surface area contributed by atoms with Crippen molar-refractivity contribution in [2.24, 2.45) is 0 Å². The molecule has 0 bridgehead atoms. The highest BCUT2D eigenvalue weighted by atomic mass is 35.5. The summed E-state index contributed by atoms with van der Waals surface area (Å²) >= 11 is 14.0. The van der Waals surface area contributed by atoms with Gasteiger partial charge in [-0.3, -0.25) is 19.8 Å². The first-order valence-corrected chi connectivity index (χ1v) is 15.1. The van der Waals surface area contributed by atoms with E-state index in [-0.39, 0.29) is 0 Å². The van der Waals surface area contributed by atoms with Crippen molar-refractivity contribution in [1.29, 1.82) is 0 Å². The van der Waals surface area contributed by atoms with Gasteiger partial charge >= 0.3 is 0 Å². The fourth-order valence-corrected chi connectivity index (χ4v) is 6.34. The molecule has 0 radical (unpaired) electrons. The Morgan fingerprint density at radius 3 is 1.43 bits per heavy atom. The average Bonchev–Trinajstić information content (AvgIpc) is 3.04. The Labute approximate surface area is 277 Å². The van der Waals surface area contributed by atoms with Gasteiger partial charge in [0, 0.05) is 61.5 Å². The number of terminal acetylenes is 2. The van der Waals surface area contributed by atoms with Crippen LogP contribution in [0.15, 0.2) is 48.8 Å². The lowest BCUT2D eigenvalue weighted by atomic mass is 9.95. The van der Waals surface area contributed by atoms with Crippen LogP contribution in [0.3, 0.4) is 0 Å². The molecule has 46 heavy (non-hydrogen) atoms. The summed E-state index contributed by atoms with van der Waals surface area (Å²) in [6, 6.07) is 11.2. The van der Waals surface area contributed by atoms with Crippen molar-refractivity contribution in [1.82, 2.24) is 29.7 Å². The molecule has 0 spiro atoms. The van der Waals surface area contributed by atoms with Crippen molar-refractivity contribution in [3.05, 3.63) is 70.2 Å². The van der Waals surface area contributed by atoms with Gasteiger partial charge in [-0.1, -0.05) is 71.4 Å². The molecule has 2 fully saturated rings. The molecule has 10 nitrogen and oxygen atoms in total. The number of aliphatic hydroxyl groups is 2. The molecule has 0 aliphatic carbocycles. The third kappa shape index (κ3) is 6.00. The second kappa shape index (κ2) is 12.5. The molecule has 0 atom stereocenters. The predicted molar refractivity (Wildman–Crippen MR) is 175 cm³/mol. The molecule has 2 saturated heterocycles. The van der Waals surface area contributed by atoms with Gasteiger partial charge in [-0.15, -0.1) is 12.8 Å². The summed E-state index contributed by atoms with van der Waals surface area (Å²) in [5.74, 6) is 5.53. The summed E-state index contributed by atoms with van der Waals surface area (Å²) in [7, 11) is 3.06. The largest absolute Gasteiger partial charge is 0.480 e. The Kier molecular flexibility index (Phi) is 8.62. The molecule has 2 aromatic heterocycles. The first kappa shape index (κ1) is 31.7. The maximum atomic E-state index is 10.1. The van der Waals surface area contributed by atoms with Gasteiger partial charge in [0.05, 0.1) is 48.0 Å². The highest BCUT2D eigenvalue weighted by Gasteiger charge is 2.40. The van der Waals surface area contributed by atoms with E-state index in [0.717, 1.165) is 0 Å². The molecule has 4 aromatic rings. The third-order valence-corrected chi connectivity index (χ3v) is 8.89. The summed E-state index contributed by atoms with van der Waals surface area (Å²) in [5, 5.41) is 21.2. The summed E-state index contributed by atoms with van der Waals surface area (Å²) in [5.41, 5.74) is 2.76. The summed E-state index contributed by atoms with van der Waals surface area (Å²) in [4.78, 5) is 22.5. The number of nitrogens with zero attached hydrogens (tertiary/aromatic N) is 6. The van der Waals surface area contributed by atoms with E-state index < -0.39 is 11.2 Å². The Hall–Kier alpha value is -4.26. The molecule has 2 aliphatic rings. The smallest absolute Gasteiger partial charge is 0.237 e. The van der Waals surface area contributed by atoms with Gasteiger partial charge in [-0.05, 0) is 0 Å². The predicted octanol–water partition coefficient (Wildman–Crippen LogP) is 3.95. The third-order valence-electron chi connectivity index (χ3n) is 8.07. The van der Waals surface area contributed by atoms with Crippen LogP contribution in [0.5, 0.6) is 11.8 Å². The zero-order valence-electron chi connectivity index (χ0n) is 25.2. The lowest BCUT2D eigenvalue weighted by Crippen LogP contribution is -2.60. The number of β-amino-alcohol motifs (C(OH)–C–C–N with tert-alkyl or cyclic N) is 2. The minimum atomic E-state index is -1.11. The van der Waals surface area contributed by atoms with Crippen LogP contribution < -0.4 is 9.47 Å². The number of hydrogen-bond acceptors (Lipinski definition) is 10. The van der Waals surface area contributed by atoms with Crippen molar-refractivity contribution in [3.63, 3.8) is 0 Å². The Morgan fingerprint density at radius 1 is 0.717 bits per heavy atom. The van der Waals surface area contributed by atoms with E-state index in [9.17, 15) is 10.2 Å². The fraction of sp³-hybridized carbons (Fsp3) is 0.294. The van der Waals surface area contributed by atoms with Crippen LogP contribution in [0.1, 0.15) is 11.4 Å². The highest BCUT2D eigenvalue weighted by Crippen LogP contribution is 2.42. The molecule has 2 N–H and O–H groups in total. The number of ether oxygens (including phenoxy) is 2. The molecule has 0 saturated carbocycles. The summed E-state index contributed by atoms with van der Waals surface area (Å²) in [6.45, 7) is 2.26.